The van der Waals surface area contributed by atoms with Crippen LogP contribution in [-0.4, -0.2) is 9.91 Å². The van der Waals surface area contributed by atoms with Crippen LogP contribution in [0.15, 0.2) is 53.1 Å². The zero-order valence-electron chi connectivity index (χ0n) is 9.76. The van der Waals surface area contributed by atoms with Crippen LogP contribution < -0.4 is 0 Å². The van der Waals surface area contributed by atoms with E-state index in [0.717, 1.165) is 16.5 Å². The van der Waals surface area contributed by atoms with Crippen LogP contribution >= 0.6 is 15.9 Å². The minimum Gasteiger partial charge on any atom is -0.361 e. The van der Waals surface area contributed by atoms with Gasteiger partial charge in [-0.05, 0) is 28.1 Å². The van der Waals surface area contributed by atoms with Crippen molar-refractivity contribution in [3.8, 4) is 11.1 Å². The summed E-state index contributed by atoms with van der Waals surface area (Å²) < 4.78 is 0.714. The number of nitrogens with one attached hydrogen (secondary N) is 1. The summed E-state index contributed by atoms with van der Waals surface area (Å²) in [7, 11) is 0. The molecule has 0 bridgehead atoms. The maximum Gasteiger partial charge on any atom is 0.278 e. The van der Waals surface area contributed by atoms with Crippen LogP contribution in [0.5, 0.6) is 0 Å². The normalized spacial score (nSPS) is 10.8. The molecule has 0 unspecified atom stereocenters. The maximum absolute atomic E-state index is 11.2. The lowest BCUT2D eigenvalue weighted by molar-refractivity contribution is -0.384. The third kappa shape index (κ3) is 1.92. The first-order valence-corrected chi connectivity index (χ1v) is 6.47. The molecule has 1 heterocycles. The fraction of sp³-hybridized carbons (Fsp3) is 0. The van der Waals surface area contributed by atoms with Gasteiger partial charge in [0.05, 0.1) is 10.5 Å². The van der Waals surface area contributed by atoms with Crippen molar-refractivity contribution in [3.05, 3.63) is 63.2 Å². The number of halogens is 1. The summed E-state index contributed by atoms with van der Waals surface area (Å²) in [6, 6.07) is 12.7. The number of nitro groups is 1. The van der Waals surface area contributed by atoms with Gasteiger partial charge in [-0.3, -0.25) is 10.1 Å². The standard InChI is InChI=1S/C14H9BrN2O2/c15-11-5-3-7-13(17(18)19)14(11)10-8-16-12-6-2-1-4-9(10)12/h1-8,16H. The van der Waals surface area contributed by atoms with E-state index < -0.39 is 0 Å². The summed E-state index contributed by atoms with van der Waals surface area (Å²) in [5.74, 6) is 0. The molecule has 3 rings (SSSR count). The maximum atomic E-state index is 11.2. The van der Waals surface area contributed by atoms with Crippen LogP contribution in [0.3, 0.4) is 0 Å². The third-order valence-corrected chi connectivity index (χ3v) is 3.71. The highest BCUT2D eigenvalue weighted by Crippen LogP contribution is 2.39. The van der Waals surface area contributed by atoms with Crippen molar-refractivity contribution >= 4 is 32.5 Å². The monoisotopic (exact) mass is 316 g/mol. The lowest BCUT2D eigenvalue weighted by atomic mass is 10.0. The quantitative estimate of drug-likeness (QED) is 0.558. The number of para-hydroxylation sites is 1. The predicted octanol–water partition coefficient (Wildman–Crippen LogP) is 4.51. The first-order valence-electron chi connectivity index (χ1n) is 5.68. The van der Waals surface area contributed by atoms with Crippen molar-refractivity contribution < 1.29 is 4.92 Å². The van der Waals surface area contributed by atoms with Crippen molar-refractivity contribution in [2.24, 2.45) is 0 Å². The smallest absolute Gasteiger partial charge is 0.278 e. The average Bonchev–Trinajstić information content (AvgIpc) is 2.82. The van der Waals surface area contributed by atoms with Gasteiger partial charge < -0.3 is 4.98 Å². The Hall–Kier alpha value is -2.14. The van der Waals surface area contributed by atoms with E-state index in [9.17, 15) is 10.1 Å². The molecule has 0 saturated heterocycles. The number of H-pyrrole nitrogens is 1. The Bertz CT molecular complexity index is 780. The molecule has 4 nitrogen and oxygen atoms in total. The van der Waals surface area contributed by atoms with Gasteiger partial charge >= 0.3 is 0 Å². The Kier molecular flexibility index (Phi) is 2.83. The van der Waals surface area contributed by atoms with Gasteiger partial charge in [-0.2, -0.15) is 0 Å². The summed E-state index contributed by atoms with van der Waals surface area (Å²) in [5.41, 5.74) is 2.49. The van der Waals surface area contributed by atoms with Gasteiger partial charge in [0.2, 0.25) is 0 Å². The van der Waals surface area contributed by atoms with Crippen LogP contribution in [0.4, 0.5) is 5.69 Å². The van der Waals surface area contributed by atoms with E-state index in [0.29, 0.717) is 10.0 Å². The molecule has 0 spiro atoms. The molecule has 5 heteroatoms. The number of nitrogens with zero attached hydrogens (tertiary/aromatic N) is 1. The van der Waals surface area contributed by atoms with Gasteiger partial charge in [0, 0.05) is 33.2 Å². The second kappa shape index (κ2) is 4.51. The van der Waals surface area contributed by atoms with Gasteiger partial charge in [0.1, 0.15) is 0 Å². The van der Waals surface area contributed by atoms with E-state index in [4.69, 9.17) is 0 Å². The number of nitro benzene ring substituents is 1. The Balaban J connectivity index is 2.36. The van der Waals surface area contributed by atoms with Crippen molar-refractivity contribution in [3.63, 3.8) is 0 Å². The zero-order valence-corrected chi connectivity index (χ0v) is 11.3. The molecule has 0 aliphatic carbocycles. The van der Waals surface area contributed by atoms with Crippen LogP contribution in [0.1, 0.15) is 0 Å². The summed E-state index contributed by atoms with van der Waals surface area (Å²) in [5, 5.41) is 12.1. The Labute approximate surface area is 117 Å². The van der Waals surface area contributed by atoms with Crippen molar-refractivity contribution in [2.45, 2.75) is 0 Å². The molecular weight excluding hydrogens is 308 g/mol. The molecule has 3 aromatic rings. The van der Waals surface area contributed by atoms with E-state index in [1.165, 1.54) is 6.07 Å². The topological polar surface area (TPSA) is 58.9 Å². The lowest BCUT2D eigenvalue weighted by Crippen LogP contribution is -1.92. The van der Waals surface area contributed by atoms with E-state index in [1.807, 2.05) is 30.3 Å². The Morgan fingerprint density at radius 3 is 2.68 bits per heavy atom. The van der Waals surface area contributed by atoms with Crippen molar-refractivity contribution in [2.75, 3.05) is 0 Å². The molecule has 0 saturated carbocycles. The highest BCUT2D eigenvalue weighted by Gasteiger charge is 2.20. The third-order valence-electron chi connectivity index (χ3n) is 3.05. The lowest BCUT2D eigenvalue weighted by Gasteiger charge is -2.04. The molecule has 0 atom stereocenters. The summed E-state index contributed by atoms with van der Waals surface area (Å²) in [6.45, 7) is 0. The minimum atomic E-state index is -0.359. The largest absolute Gasteiger partial charge is 0.361 e. The molecule has 19 heavy (non-hydrogen) atoms. The molecule has 1 aromatic heterocycles. The number of benzene rings is 2. The summed E-state index contributed by atoms with van der Waals surface area (Å²) >= 11 is 3.40. The molecule has 2 aromatic carbocycles. The molecule has 0 radical (unpaired) electrons. The first-order chi connectivity index (χ1) is 9.18. The van der Waals surface area contributed by atoms with E-state index in [2.05, 4.69) is 20.9 Å². The molecule has 0 aliphatic rings. The van der Waals surface area contributed by atoms with E-state index in [-0.39, 0.29) is 10.6 Å². The Morgan fingerprint density at radius 1 is 1.11 bits per heavy atom. The zero-order chi connectivity index (χ0) is 13.4. The molecule has 94 valence electrons. The fourth-order valence-corrected chi connectivity index (χ4v) is 2.78. The van der Waals surface area contributed by atoms with Crippen molar-refractivity contribution in [1.82, 2.24) is 4.98 Å². The number of aromatic nitrogens is 1. The SMILES string of the molecule is O=[N+]([O-])c1cccc(Br)c1-c1c[nH]c2ccccc12. The highest BCUT2D eigenvalue weighted by atomic mass is 79.9. The first kappa shape index (κ1) is 11.9. The fourth-order valence-electron chi connectivity index (χ4n) is 2.21. The van der Waals surface area contributed by atoms with Gasteiger partial charge in [0.25, 0.3) is 5.69 Å². The number of fused-ring (bicyclic) bond motifs is 1. The Morgan fingerprint density at radius 2 is 1.89 bits per heavy atom. The van der Waals surface area contributed by atoms with Gasteiger partial charge in [0.15, 0.2) is 0 Å². The minimum absolute atomic E-state index is 0.0964. The number of hydrogen-bond donors (Lipinski definition) is 1. The highest BCUT2D eigenvalue weighted by molar-refractivity contribution is 9.10. The second-order valence-electron chi connectivity index (χ2n) is 4.14. The number of aromatic amines is 1. The second-order valence-corrected chi connectivity index (χ2v) is 4.99. The average molecular weight is 317 g/mol. The van der Waals surface area contributed by atoms with Gasteiger partial charge in [-0.1, -0.05) is 24.3 Å². The number of rotatable bonds is 2. The van der Waals surface area contributed by atoms with E-state index >= 15 is 0 Å². The molecule has 0 aliphatic heterocycles. The molecule has 0 fully saturated rings. The summed E-state index contributed by atoms with van der Waals surface area (Å²) in [4.78, 5) is 14.0. The van der Waals surface area contributed by atoms with Crippen LogP contribution in [0, 0.1) is 10.1 Å². The van der Waals surface area contributed by atoms with Crippen LogP contribution in [0.2, 0.25) is 0 Å². The van der Waals surface area contributed by atoms with E-state index in [1.54, 1.807) is 12.3 Å². The van der Waals surface area contributed by atoms with Crippen LogP contribution in [-0.2, 0) is 0 Å². The molecule has 0 amide bonds. The predicted molar refractivity (Wildman–Crippen MR) is 78.1 cm³/mol. The van der Waals surface area contributed by atoms with Gasteiger partial charge in [-0.25, -0.2) is 0 Å². The van der Waals surface area contributed by atoms with Crippen molar-refractivity contribution in [1.29, 1.82) is 0 Å². The summed E-state index contributed by atoms with van der Waals surface area (Å²) in [6.07, 6.45) is 1.80. The number of hydrogen-bond acceptors (Lipinski definition) is 2. The van der Waals surface area contributed by atoms with Gasteiger partial charge in [-0.15, -0.1) is 0 Å². The van der Waals surface area contributed by atoms with Crippen LogP contribution in [0.25, 0.3) is 22.0 Å². The molecular formula is C14H9BrN2O2. The molecule has 1 N–H and O–H groups in total.